The van der Waals surface area contributed by atoms with Crippen LogP contribution in [-0.4, -0.2) is 41.2 Å². The highest BCUT2D eigenvalue weighted by Crippen LogP contribution is 2.20. The maximum absolute atomic E-state index is 13.0. The lowest BCUT2D eigenvalue weighted by atomic mass is 10.0. The van der Waals surface area contributed by atoms with E-state index >= 15 is 0 Å². The smallest absolute Gasteiger partial charge is 0.242 e. The van der Waals surface area contributed by atoms with Gasteiger partial charge in [0.2, 0.25) is 5.91 Å². The van der Waals surface area contributed by atoms with Crippen LogP contribution in [0.3, 0.4) is 0 Å². The lowest BCUT2D eigenvalue weighted by Crippen LogP contribution is -2.46. The van der Waals surface area contributed by atoms with Crippen molar-refractivity contribution in [2.24, 2.45) is 5.73 Å². The van der Waals surface area contributed by atoms with Crippen LogP contribution in [0.1, 0.15) is 18.1 Å². The Labute approximate surface area is 122 Å². The van der Waals surface area contributed by atoms with Gasteiger partial charge in [0.15, 0.2) is 0 Å². The quantitative estimate of drug-likeness (QED) is 0.881. The van der Waals surface area contributed by atoms with Gasteiger partial charge in [-0.25, -0.2) is 8.78 Å². The molecule has 1 heterocycles. The Morgan fingerprint density at radius 2 is 2.00 bits per heavy atom. The van der Waals surface area contributed by atoms with Crippen LogP contribution in [0.2, 0.25) is 0 Å². The molecule has 0 spiro atoms. The normalized spacial score (nSPS) is 21.2. The van der Waals surface area contributed by atoms with Crippen LogP contribution in [0.5, 0.6) is 0 Å². The Bertz CT molecular complexity index is 458. The minimum Gasteiger partial charge on any atom is -0.386 e. The van der Waals surface area contributed by atoms with E-state index < -0.39 is 30.0 Å². The van der Waals surface area contributed by atoms with Gasteiger partial charge >= 0.3 is 0 Å². The van der Waals surface area contributed by atoms with Crippen molar-refractivity contribution in [3.8, 4) is 0 Å². The number of hydrogen-bond acceptors (Lipinski definition) is 3. The van der Waals surface area contributed by atoms with Crippen molar-refractivity contribution in [1.29, 1.82) is 0 Å². The van der Waals surface area contributed by atoms with E-state index in [9.17, 15) is 18.7 Å². The number of amides is 1. The first kappa shape index (κ1) is 16.8. The van der Waals surface area contributed by atoms with Gasteiger partial charge in [-0.15, -0.1) is 12.4 Å². The van der Waals surface area contributed by atoms with Crippen molar-refractivity contribution in [2.75, 3.05) is 13.1 Å². The van der Waals surface area contributed by atoms with Crippen molar-refractivity contribution in [3.63, 3.8) is 0 Å². The number of hydrogen-bond donors (Lipinski definition) is 2. The number of carbonyl (C=O) groups is 1. The van der Waals surface area contributed by atoms with Gasteiger partial charge in [0.05, 0.1) is 6.54 Å². The Balaban J connectivity index is 0.00000200. The molecule has 1 fully saturated rings. The molecule has 2 rings (SSSR count). The molecule has 0 radical (unpaired) electrons. The van der Waals surface area contributed by atoms with Gasteiger partial charge in [-0.2, -0.15) is 0 Å². The number of benzene rings is 1. The average Bonchev–Trinajstić information content (AvgIpc) is 2.84. The Morgan fingerprint density at radius 1 is 1.40 bits per heavy atom. The van der Waals surface area contributed by atoms with Crippen LogP contribution < -0.4 is 5.73 Å². The summed E-state index contributed by atoms with van der Waals surface area (Å²) in [7, 11) is 0. The van der Waals surface area contributed by atoms with E-state index in [0.717, 1.165) is 0 Å². The predicted octanol–water partition coefficient (Wildman–Crippen LogP) is 1.18. The fourth-order valence-corrected chi connectivity index (χ4v) is 2.13. The predicted molar refractivity (Wildman–Crippen MR) is 72.7 cm³/mol. The van der Waals surface area contributed by atoms with E-state index in [1.54, 1.807) is 0 Å². The average molecular weight is 307 g/mol. The lowest BCUT2D eigenvalue weighted by molar-refractivity contribution is -0.134. The molecule has 0 aliphatic carbocycles. The zero-order chi connectivity index (χ0) is 14.0. The summed E-state index contributed by atoms with van der Waals surface area (Å²) < 4.78 is 25.8. The van der Waals surface area contributed by atoms with Gasteiger partial charge < -0.3 is 15.7 Å². The fraction of sp³-hybridized carbons (Fsp3) is 0.462. The molecule has 0 aromatic heterocycles. The van der Waals surface area contributed by atoms with Crippen LogP contribution in [0.4, 0.5) is 8.78 Å². The van der Waals surface area contributed by atoms with Crippen molar-refractivity contribution >= 4 is 18.3 Å². The molecular formula is C13H17ClF2N2O2. The molecule has 7 heteroatoms. The molecule has 4 nitrogen and oxygen atoms in total. The molecule has 1 amide bonds. The Hall–Kier alpha value is -1.24. The van der Waals surface area contributed by atoms with E-state index in [4.69, 9.17) is 5.73 Å². The third-order valence-electron chi connectivity index (χ3n) is 3.28. The number of nitrogens with zero attached hydrogens (tertiary/aromatic N) is 1. The van der Waals surface area contributed by atoms with Crippen LogP contribution >= 0.6 is 12.4 Å². The molecular weight excluding hydrogens is 290 g/mol. The SMILES string of the molecule is Cl.N[C@H](C(=O)N1CCC(F)C1)[C@H](O)c1ccc(F)cc1. The van der Waals surface area contributed by atoms with E-state index in [0.29, 0.717) is 18.5 Å². The lowest BCUT2D eigenvalue weighted by Gasteiger charge is -2.24. The molecule has 1 aliphatic rings. The third kappa shape index (κ3) is 3.65. The summed E-state index contributed by atoms with van der Waals surface area (Å²) >= 11 is 0. The van der Waals surface area contributed by atoms with Crippen LogP contribution in [-0.2, 0) is 4.79 Å². The zero-order valence-electron chi connectivity index (χ0n) is 10.7. The van der Waals surface area contributed by atoms with Gasteiger partial charge in [0.25, 0.3) is 0 Å². The number of likely N-dealkylation sites (tertiary alicyclic amines) is 1. The summed E-state index contributed by atoms with van der Waals surface area (Å²) in [5.74, 6) is -0.923. The number of nitrogens with two attached hydrogens (primary N) is 1. The van der Waals surface area contributed by atoms with E-state index in [2.05, 4.69) is 0 Å². The molecule has 1 unspecified atom stereocenters. The molecule has 1 aromatic carbocycles. The highest BCUT2D eigenvalue weighted by molar-refractivity contribution is 5.85. The monoisotopic (exact) mass is 306 g/mol. The van der Waals surface area contributed by atoms with Crippen LogP contribution in [0.15, 0.2) is 24.3 Å². The molecule has 112 valence electrons. The van der Waals surface area contributed by atoms with Crippen molar-refractivity contribution < 1.29 is 18.7 Å². The van der Waals surface area contributed by atoms with Gasteiger partial charge in [0, 0.05) is 6.54 Å². The van der Waals surface area contributed by atoms with E-state index in [1.165, 1.54) is 29.2 Å². The number of carbonyl (C=O) groups excluding carboxylic acids is 1. The van der Waals surface area contributed by atoms with Crippen LogP contribution in [0.25, 0.3) is 0 Å². The molecule has 3 N–H and O–H groups in total. The second-order valence-electron chi connectivity index (χ2n) is 4.69. The highest BCUT2D eigenvalue weighted by atomic mass is 35.5. The summed E-state index contributed by atoms with van der Waals surface area (Å²) in [6.07, 6.45) is -1.96. The minimum atomic E-state index is -1.23. The molecule has 1 aliphatic heterocycles. The zero-order valence-corrected chi connectivity index (χ0v) is 11.5. The first-order valence-electron chi connectivity index (χ1n) is 6.11. The first-order chi connectivity index (χ1) is 8.99. The molecule has 3 atom stereocenters. The van der Waals surface area contributed by atoms with E-state index in [-0.39, 0.29) is 19.0 Å². The van der Waals surface area contributed by atoms with E-state index in [1.807, 2.05) is 0 Å². The molecule has 1 saturated heterocycles. The molecule has 20 heavy (non-hydrogen) atoms. The molecule has 1 aromatic rings. The summed E-state index contributed by atoms with van der Waals surface area (Å²) in [4.78, 5) is 13.3. The highest BCUT2D eigenvalue weighted by Gasteiger charge is 2.32. The van der Waals surface area contributed by atoms with Gasteiger partial charge in [-0.05, 0) is 24.1 Å². The van der Waals surface area contributed by atoms with Gasteiger partial charge in [-0.3, -0.25) is 4.79 Å². The number of rotatable bonds is 3. The second kappa shape index (κ2) is 6.97. The summed E-state index contributed by atoms with van der Waals surface area (Å²) in [5.41, 5.74) is 6.06. The number of alkyl halides is 1. The number of halogens is 3. The maximum atomic E-state index is 13.0. The Morgan fingerprint density at radius 3 is 2.50 bits per heavy atom. The van der Waals surface area contributed by atoms with Crippen LogP contribution in [0, 0.1) is 5.82 Å². The minimum absolute atomic E-state index is 0. The van der Waals surface area contributed by atoms with Crippen molar-refractivity contribution in [3.05, 3.63) is 35.6 Å². The summed E-state index contributed by atoms with van der Waals surface area (Å²) in [6, 6.07) is 3.94. The maximum Gasteiger partial charge on any atom is 0.242 e. The summed E-state index contributed by atoms with van der Waals surface area (Å²) in [6.45, 7) is 0.326. The largest absolute Gasteiger partial charge is 0.386 e. The fourth-order valence-electron chi connectivity index (χ4n) is 2.13. The van der Waals surface area contributed by atoms with Crippen molar-refractivity contribution in [1.82, 2.24) is 4.90 Å². The molecule has 0 bridgehead atoms. The number of aliphatic hydroxyl groups is 1. The van der Waals surface area contributed by atoms with Crippen molar-refractivity contribution in [2.45, 2.75) is 24.7 Å². The topological polar surface area (TPSA) is 66.6 Å². The number of aliphatic hydroxyl groups excluding tert-OH is 1. The second-order valence-corrected chi connectivity index (χ2v) is 4.69. The Kier molecular flexibility index (Phi) is 5.86. The van der Waals surface area contributed by atoms with Gasteiger partial charge in [0.1, 0.15) is 24.1 Å². The summed E-state index contributed by atoms with van der Waals surface area (Å²) in [5, 5.41) is 9.99. The molecule has 0 saturated carbocycles. The van der Waals surface area contributed by atoms with Gasteiger partial charge in [-0.1, -0.05) is 12.1 Å². The standard InChI is InChI=1S/C13H16F2N2O2.ClH/c14-9-3-1-8(2-4-9)12(18)11(16)13(19)17-6-5-10(15)7-17;/h1-4,10-12,18H,5-7,16H2;1H/t10?,11-,12+;/m0./s1. The first-order valence-corrected chi connectivity index (χ1v) is 6.11. The third-order valence-corrected chi connectivity index (χ3v) is 3.28.